The van der Waals surface area contributed by atoms with E-state index in [9.17, 15) is 17.9 Å². The summed E-state index contributed by atoms with van der Waals surface area (Å²) in [6.07, 6.45) is 3.61. The molecule has 1 aromatic heterocycles. The summed E-state index contributed by atoms with van der Waals surface area (Å²) in [5, 5.41) is 13.3. The fourth-order valence-corrected chi connectivity index (χ4v) is 4.88. The molecule has 7 nitrogen and oxygen atoms in total. The minimum atomic E-state index is -2.31. The summed E-state index contributed by atoms with van der Waals surface area (Å²) in [7, 11) is 0. The summed E-state index contributed by atoms with van der Waals surface area (Å²) in [5.74, 6) is -1.49. The highest BCUT2D eigenvalue weighted by Crippen LogP contribution is 2.38. The second kappa shape index (κ2) is 8.78. The van der Waals surface area contributed by atoms with E-state index in [2.05, 4.69) is 5.10 Å². The molecular formula is C21H19ClFN3O4S. The molecule has 4 rings (SSSR count). The first-order chi connectivity index (χ1) is 14.8. The van der Waals surface area contributed by atoms with Crippen LogP contribution in [0.2, 0.25) is 5.02 Å². The monoisotopic (exact) mass is 463 g/mol. The Morgan fingerprint density at radius 2 is 1.97 bits per heavy atom. The van der Waals surface area contributed by atoms with Crippen molar-refractivity contribution in [3.8, 4) is 11.1 Å². The summed E-state index contributed by atoms with van der Waals surface area (Å²) in [6.45, 7) is -0.251. The Morgan fingerprint density at radius 3 is 2.61 bits per heavy atom. The first kappa shape index (κ1) is 21.5. The summed E-state index contributed by atoms with van der Waals surface area (Å²) in [5.41, 5.74) is 3.56. The highest BCUT2D eigenvalue weighted by atomic mass is 35.5. The smallest absolute Gasteiger partial charge is 0.325 e. The molecule has 0 bridgehead atoms. The number of anilines is 1. The van der Waals surface area contributed by atoms with Gasteiger partial charge in [-0.1, -0.05) is 29.8 Å². The molecule has 2 aromatic carbocycles. The third-order valence-corrected chi connectivity index (χ3v) is 6.43. The van der Waals surface area contributed by atoms with E-state index in [-0.39, 0.29) is 11.6 Å². The van der Waals surface area contributed by atoms with Gasteiger partial charge in [0.1, 0.15) is 12.4 Å². The second-order valence-electron chi connectivity index (χ2n) is 7.24. The van der Waals surface area contributed by atoms with E-state index in [1.807, 2.05) is 0 Å². The number of aromatic nitrogens is 2. The number of nitrogens with zero attached hydrogens (tertiary/aromatic N) is 3. The molecular weight excluding hydrogens is 445 g/mol. The average molecular weight is 464 g/mol. The van der Waals surface area contributed by atoms with Crippen LogP contribution in [0.3, 0.4) is 0 Å². The van der Waals surface area contributed by atoms with Gasteiger partial charge in [-0.25, -0.2) is 8.60 Å². The van der Waals surface area contributed by atoms with E-state index in [0.29, 0.717) is 18.5 Å². The van der Waals surface area contributed by atoms with Crippen molar-refractivity contribution in [1.29, 1.82) is 0 Å². The maximum Gasteiger partial charge on any atom is 0.325 e. The first-order valence-corrected chi connectivity index (χ1v) is 11.0. The van der Waals surface area contributed by atoms with Crippen LogP contribution in [0.1, 0.15) is 30.1 Å². The highest BCUT2D eigenvalue weighted by Gasteiger charge is 2.32. The molecule has 3 aromatic rings. The SMILES string of the molecule is O=C(O)Cn1ncc2c1CCCC2N(c1ccc(-c2ccc(F)c(Cl)c2)cc1)S(=O)O. The number of rotatable bonds is 6. The number of carboxylic acids is 1. The number of fused-ring (bicyclic) bond motifs is 1. The van der Waals surface area contributed by atoms with Gasteiger partial charge in [0, 0.05) is 11.3 Å². The Hall–Kier alpha value is -2.75. The average Bonchev–Trinajstić information content (AvgIpc) is 3.14. The molecule has 2 unspecified atom stereocenters. The Bertz CT molecular complexity index is 1150. The molecule has 0 radical (unpaired) electrons. The van der Waals surface area contributed by atoms with Crippen molar-refractivity contribution in [2.24, 2.45) is 0 Å². The molecule has 162 valence electrons. The van der Waals surface area contributed by atoms with Gasteiger partial charge in [0.25, 0.3) is 11.3 Å². The third kappa shape index (κ3) is 4.34. The highest BCUT2D eigenvalue weighted by molar-refractivity contribution is 7.80. The lowest BCUT2D eigenvalue weighted by Gasteiger charge is -2.33. The Labute approximate surface area is 185 Å². The standard InChI is InChI=1S/C21H19ClFN3O4S/c22-17-10-14(6-9-18(17)23)13-4-7-15(8-5-13)26(31(29)30)20-3-1-2-19-16(20)11-24-25(19)12-21(27)28/h4-11,20H,1-3,12H2,(H,27,28)(H,29,30). The number of hydrogen-bond donors (Lipinski definition) is 2. The van der Waals surface area contributed by atoms with Crippen LogP contribution in [0.4, 0.5) is 10.1 Å². The zero-order valence-corrected chi connectivity index (χ0v) is 17.8. The first-order valence-electron chi connectivity index (χ1n) is 9.57. The topological polar surface area (TPSA) is 95.7 Å². The van der Waals surface area contributed by atoms with Crippen LogP contribution in [-0.2, 0) is 29.0 Å². The number of halogens is 2. The molecule has 2 atom stereocenters. The van der Waals surface area contributed by atoms with Gasteiger partial charge in [-0.3, -0.25) is 18.3 Å². The number of carboxylic acid groups (broad SMARTS) is 1. The predicted molar refractivity (Wildman–Crippen MR) is 116 cm³/mol. The maximum absolute atomic E-state index is 13.4. The number of benzene rings is 2. The predicted octanol–water partition coefficient (Wildman–Crippen LogP) is 4.45. The molecule has 0 spiro atoms. The molecule has 0 saturated heterocycles. The van der Waals surface area contributed by atoms with Crippen LogP contribution in [0.15, 0.2) is 48.7 Å². The van der Waals surface area contributed by atoms with Crippen molar-refractivity contribution in [2.75, 3.05) is 4.31 Å². The number of hydrogen-bond acceptors (Lipinski definition) is 3. The van der Waals surface area contributed by atoms with Gasteiger partial charge < -0.3 is 5.11 Å². The molecule has 0 aliphatic heterocycles. The fourth-order valence-electron chi connectivity index (χ4n) is 3.96. The van der Waals surface area contributed by atoms with Gasteiger partial charge in [0.05, 0.1) is 22.9 Å². The molecule has 1 aliphatic carbocycles. The quantitative estimate of drug-likeness (QED) is 0.526. The lowest BCUT2D eigenvalue weighted by molar-refractivity contribution is -0.137. The lowest BCUT2D eigenvalue weighted by atomic mass is 9.92. The summed E-state index contributed by atoms with van der Waals surface area (Å²) in [6, 6.07) is 11.0. The summed E-state index contributed by atoms with van der Waals surface area (Å²) < 4.78 is 38.6. The molecule has 31 heavy (non-hydrogen) atoms. The Morgan fingerprint density at radius 1 is 1.26 bits per heavy atom. The van der Waals surface area contributed by atoms with E-state index < -0.39 is 29.1 Å². The van der Waals surface area contributed by atoms with Gasteiger partial charge in [0.15, 0.2) is 0 Å². The van der Waals surface area contributed by atoms with Crippen LogP contribution in [-0.4, -0.2) is 29.6 Å². The van der Waals surface area contributed by atoms with Crippen molar-refractivity contribution in [1.82, 2.24) is 9.78 Å². The van der Waals surface area contributed by atoms with E-state index >= 15 is 0 Å². The van der Waals surface area contributed by atoms with Crippen LogP contribution in [0.25, 0.3) is 11.1 Å². The zero-order chi connectivity index (χ0) is 22.1. The molecule has 0 amide bonds. The molecule has 1 heterocycles. The van der Waals surface area contributed by atoms with Crippen LogP contribution < -0.4 is 4.31 Å². The van der Waals surface area contributed by atoms with E-state index in [4.69, 9.17) is 16.7 Å². The van der Waals surface area contributed by atoms with Crippen molar-refractivity contribution in [2.45, 2.75) is 31.8 Å². The van der Waals surface area contributed by atoms with Gasteiger partial charge in [-0.05, 0) is 54.7 Å². The van der Waals surface area contributed by atoms with E-state index in [1.165, 1.54) is 21.1 Å². The molecule has 10 heteroatoms. The lowest BCUT2D eigenvalue weighted by Crippen LogP contribution is -2.33. The van der Waals surface area contributed by atoms with Gasteiger partial charge in [-0.2, -0.15) is 5.10 Å². The van der Waals surface area contributed by atoms with Crippen LogP contribution in [0.5, 0.6) is 0 Å². The fraction of sp³-hybridized carbons (Fsp3) is 0.238. The van der Waals surface area contributed by atoms with Crippen molar-refractivity contribution in [3.63, 3.8) is 0 Å². The third-order valence-electron chi connectivity index (χ3n) is 5.34. The largest absolute Gasteiger partial charge is 0.480 e. The van der Waals surface area contributed by atoms with Gasteiger partial charge in [0.2, 0.25) is 0 Å². The summed E-state index contributed by atoms with van der Waals surface area (Å²) >= 11 is 3.56. The Kier molecular flexibility index (Phi) is 6.08. The normalized spacial score (nSPS) is 16.5. The molecule has 1 aliphatic rings. The molecule has 0 saturated carbocycles. The van der Waals surface area contributed by atoms with Gasteiger partial charge >= 0.3 is 5.97 Å². The summed E-state index contributed by atoms with van der Waals surface area (Å²) in [4.78, 5) is 11.1. The van der Waals surface area contributed by atoms with E-state index in [1.54, 1.807) is 36.5 Å². The minimum absolute atomic E-state index is 0.0211. The number of carbonyl (C=O) groups is 1. The Balaban J connectivity index is 1.66. The number of aliphatic carboxylic acids is 1. The van der Waals surface area contributed by atoms with Gasteiger partial charge in [-0.15, -0.1) is 0 Å². The van der Waals surface area contributed by atoms with Crippen molar-refractivity contribution in [3.05, 3.63) is 70.8 Å². The zero-order valence-electron chi connectivity index (χ0n) is 16.2. The van der Waals surface area contributed by atoms with Crippen molar-refractivity contribution >= 4 is 34.5 Å². The van der Waals surface area contributed by atoms with Crippen LogP contribution in [0, 0.1) is 5.82 Å². The van der Waals surface area contributed by atoms with Crippen LogP contribution >= 0.6 is 11.6 Å². The molecule has 0 fully saturated rings. The molecule has 2 N–H and O–H groups in total. The van der Waals surface area contributed by atoms with Crippen molar-refractivity contribution < 1.29 is 23.1 Å². The van der Waals surface area contributed by atoms with E-state index in [0.717, 1.165) is 28.8 Å². The maximum atomic E-state index is 13.4. The second-order valence-corrected chi connectivity index (χ2v) is 8.50. The minimum Gasteiger partial charge on any atom is -0.480 e.